The van der Waals surface area contributed by atoms with Gasteiger partial charge in [0.05, 0.1) is 0 Å². The van der Waals surface area contributed by atoms with E-state index in [4.69, 9.17) is 0 Å². The summed E-state index contributed by atoms with van der Waals surface area (Å²) in [6, 6.07) is 144. The van der Waals surface area contributed by atoms with Gasteiger partial charge in [-0.1, -0.05) is 404 Å². The molecule has 0 N–H and O–H groups in total. The van der Waals surface area contributed by atoms with Gasteiger partial charge in [-0.15, -0.1) is 107 Å². The first-order valence-electron chi connectivity index (χ1n) is 51.2. The van der Waals surface area contributed by atoms with E-state index in [9.17, 15) is 0 Å². The maximum atomic E-state index is 3.45. The van der Waals surface area contributed by atoms with Crippen LogP contribution in [-0.4, -0.2) is 0 Å². The Kier molecular flexibility index (Phi) is 212. The normalized spacial score (nSPS) is 7.36. The first-order chi connectivity index (χ1) is 65.3. The zero-order chi connectivity index (χ0) is 105. The van der Waals surface area contributed by atoms with E-state index < -0.39 is 0 Å². The Morgan fingerprint density at radius 1 is 0.145 bits per heavy atom. The van der Waals surface area contributed by atoms with Crippen LogP contribution in [0.15, 0.2) is 315 Å². The monoisotopic (exact) mass is 2310 g/mol. The molecule has 0 heterocycles. The molecule has 0 saturated heterocycles. The van der Waals surface area contributed by atoms with Crippen molar-refractivity contribution in [2.24, 2.45) is 0 Å². The van der Waals surface area contributed by atoms with Crippen LogP contribution in [0.1, 0.15) is 327 Å². The molecule has 0 atom stereocenters. The van der Waals surface area contributed by atoms with E-state index in [0.29, 0.717) is 0 Å². The maximum Gasteiger partial charge on any atom is 0 e. The SMILES string of the molecule is CC.CC.CC.CC.CC.CC.CC.CC.CC.CC.CC.CC.CC.CC.CC.CC.CC.CC.CC.CC.CC.CC.Cc1[c-]c(-c2[c-]cccc2)ccc1.Cc1c[c-]c(-c2[c-]cccc2)cc1.Cc1cc[c-]c(-c2[c-]cccc2)c1.Cc1ccc[c-]c1-c1[c-]cccc1.[Y].[Y].[Y].[Y].[Y].[Y].[c-]1ccccc1-c1[c-]c(-c2ccccc2)ccc1.[c-]1ccccc1-c1[c-]cc(-c2ccccc2)cc1. The molecule has 0 aromatic heterocycles. The van der Waals surface area contributed by atoms with Crippen LogP contribution >= 0.6 is 0 Å². The third-order valence-electron chi connectivity index (χ3n) is 13.7. The second-order valence-electron chi connectivity index (χ2n) is 20.4. The first kappa shape index (κ1) is 182. The van der Waals surface area contributed by atoms with E-state index in [1.54, 1.807) is 0 Å². The van der Waals surface area contributed by atoms with Gasteiger partial charge in [0.15, 0.2) is 0 Å². The van der Waals surface area contributed by atoms with Gasteiger partial charge in [0.2, 0.25) is 0 Å². The van der Waals surface area contributed by atoms with Crippen molar-refractivity contribution in [1.29, 1.82) is 0 Å². The molecular formula is C132H196Y6-12. The summed E-state index contributed by atoms with van der Waals surface area (Å²) in [5.41, 5.74) is 22.8. The fourth-order valence-corrected chi connectivity index (χ4v) is 9.13. The van der Waals surface area contributed by atoms with Crippen LogP contribution < -0.4 is 0 Å². The largest absolute Gasteiger partial charge is 0.226 e. The van der Waals surface area contributed by atoms with Crippen LogP contribution in [0.4, 0.5) is 0 Å². The minimum absolute atomic E-state index is 0. The summed E-state index contributed by atoms with van der Waals surface area (Å²) >= 11 is 0. The maximum absolute atomic E-state index is 3.45. The zero-order valence-electron chi connectivity index (χ0n) is 97.5. The molecule has 754 valence electrons. The van der Waals surface area contributed by atoms with E-state index >= 15 is 0 Å². The van der Waals surface area contributed by atoms with Crippen molar-refractivity contribution in [3.63, 3.8) is 0 Å². The van der Waals surface area contributed by atoms with Crippen molar-refractivity contribution < 1.29 is 196 Å². The summed E-state index contributed by atoms with van der Waals surface area (Å²) in [6.07, 6.45) is 0. The van der Waals surface area contributed by atoms with Crippen molar-refractivity contribution >= 4 is 0 Å². The molecule has 0 spiro atoms. The van der Waals surface area contributed by atoms with E-state index in [1.807, 2.05) is 530 Å². The molecule has 0 amide bonds. The van der Waals surface area contributed by atoms with Crippen LogP contribution in [-0.2, 0) is 196 Å². The van der Waals surface area contributed by atoms with Gasteiger partial charge in [-0.25, -0.2) is 61.2 Å². The second kappa shape index (κ2) is 161. The molecule has 0 aliphatic heterocycles. The summed E-state index contributed by atoms with van der Waals surface area (Å²) in [5.74, 6) is 0. The molecule has 0 nitrogen and oxygen atoms in total. The summed E-state index contributed by atoms with van der Waals surface area (Å²) in [5, 5.41) is 0. The predicted octanol–water partition coefficient (Wildman–Crippen LogP) is 44.9. The van der Waals surface area contributed by atoms with Crippen molar-refractivity contribution in [1.82, 2.24) is 0 Å². The van der Waals surface area contributed by atoms with Gasteiger partial charge < -0.3 is 0 Å². The quantitative estimate of drug-likeness (QED) is 0.133. The third-order valence-corrected chi connectivity index (χ3v) is 13.7. The standard InChI is InChI=1S/2C18H12.4C13H10.22C2H6.6Y/c1-3-8-15(9-4-1)17-12-7-13-18(14-17)16-10-5-2-6-11-16;1-3-7-15(8-4-1)17-11-13-18(14-12-17)16-9-5-2-6-10-16;1-11-7-5-6-10-13(11)12-8-3-2-4-9-12;2*1-11-6-5-9-13(10-11)12-7-3-2-4-8-12;1-11-7-9-13(10-8-11)12-5-3-2-4-6-12;22*1-2;;;;;;/h1-10,12-13H;1-9,11-13H;2-8H,1H3;2-7,10H,1H3;2-7,9H,1H3;2-5,7-9H,1H3;22*1-2H3;;;;;;/q6*-2;;;;;;;;;;;;;;;;;;;;;;;;;;;;. The van der Waals surface area contributed by atoms with Crippen LogP contribution in [0.2, 0.25) is 0 Å². The van der Waals surface area contributed by atoms with Crippen LogP contribution in [0.25, 0.3) is 89.0 Å². The van der Waals surface area contributed by atoms with E-state index in [0.717, 1.165) is 77.9 Å². The van der Waals surface area contributed by atoms with Gasteiger partial charge >= 0.3 is 0 Å². The molecule has 0 aliphatic carbocycles. The number of aryl methyl sites for hydroxylation is 4. The van der Waals surface area contributed by atoms with Crippen molar-refractivity contribution in [2.75, 3.05) is 0 Å². The molecule has 6 heteroatoms. The Morgan fingerprint density at radius 3 is 0.703 bits per heavy atom. The van der Waals surface area contributed by atoms with Gasteiger partial charge in [-0.2, -0.15) is 260 Å². The van der Waals surface area contributed by atoms with Gasteiger partial charge in [-0.3, -0.25) is 0 Å². The molecule has 6 radical (unpaired) electrons. The zero-order valence-corrected chi connectivity index (χ0v) is 115. The smallest absolute Gasteiger partial charge is 0 e. The van der Waals surface area contributed by atoms with E-state index in [1.165, 1.54) is 33.4 Å². The molecule has 0 saturated carbocycles. The van der Waals surface area contributed by atoms with Crippen molar-refractivity contribution in [2.45, 2.75) is 332 Å². The fraction of sp³-hybridized carbons (Fsp3) is 0.364. The van der Waals surface area contributed by atoms with Crippen LogP contribution in [0.3, 0.4) is 0 Å². The van der Waals surface area contributed by atoms with E-state index in [2.05, 4.69) is 191 Å². The molecule has 138 heavy (non-hydrogen) atoms. The Morgan fingerprint density at radius 2 is 0.406 bits per heavy atom. The Balaban J connectivity index is -0.0000000618. The Labute approximate surface area is 1010 Å². The van der Waals surface area contributed by atoms with Crippen molar-refractivity contribution in [3.8, 4) is 89.0 Å². The van der Waals surface area contributed by atoms with Gasteiger partial charge in [0, 0.05) is 196 Å². The van der Waals surface area contributed by atoms with Gasteiger partial charge in [0.25, 0.3) is 0 Å². The second-order valence-corrected chi connectivity index (χ2v) is 20.4. The minimum Gasteiger partial charge on any atom is -0.226 e. The average Bonchev–Trinajstić information content (AvgIpc) is 0.853. The number of rotatable bonds is 8. The molecule has 0 bridgehead atoms. The Hall–Kier alpha value is -4.30. The molecular weight excluding hydrogens is 2120 g/mol. The summed E-state index contributed by atoms with van der Waals surface area (Å²) < 4.78 is 0. The summed E-state index contributed by atoms with van der Waals surface area (Å²) in [6.45, 7) is 96.3. The molecule has 0 aliphatic rings. The minimum atomic E-state index is 0. The molecule has 14 aromatic rings. The van der Waals surface area contributed by atoms with Crippen LogP contribution in [0, 0.1) is 100 Å². The van der Waals surface area contributed by atoms with Gasteiger partial charge in [-0.05, 0) is 0 Å². The van der Waals surface area contributed by atoms with Crippen molar-refractivity contribution in [3.05, 3.63) is 411 Å². The first-order valence-corrected chi connectivity index (χ1v) is 51.2. The molecule has 14 rings (SSSR count). The molecule has 0 unspecified atom stereocenters. The Bertz CT molecular complexity index is 4040. The average molecular weight is 2320 g/mol. The molecule has 0 fully saturated rings. The van der Waals surface area contributed by atoms with E-state index in [-0.39, 0.29) is 196 Å². The number of benzene rings is 14. The molecule has 14 aromatic carbocycles. The predicted molar refractivity (Wildman–Crippen MR) is 617 cm³/mol. The fourth-order valence-electron chi connectivity index (χ4n) is 9.13. The number of hydrogen-bond acceptors (Lipinski definition) is 0. The summed E-state index contributed by atoms with van der Waals surface area (Å²) in [4.78, 5) is 0. The van der Waals surface area contributed by atoms with Crippen LogP contribution in [0.5, 0.6) is 0 Å². The summed E-state index contributed by atoms with van der Waals surface area (Å²) in [7, 11) is 0. The number of hydrogen-bond donors (Lipinski definition) is 0. The third kappa shape index (κ3) is 96.5. The van der Waals surface area contributed by atoms with Gasteiger partial charge in [0.1, 0.15) is 0 Å². The topological polar surface area (TPSA) is 0 Å².